The first-order valence-electron chi connectivity index (χ1n) is 9.23. The van der Waals surface area contributed by atoms with Crippen molar-refractivity contribution >= 4 is 49.9 Å². The zero-order chi connectivity index (χ0) is 22.2. The monoisotopic (exact) mass is 465 g/mol. The molecule has 2 aromatic carbocycles. The largest absolute Gasteiger partial charge is 0.478 e. The highest BCUT2D eigenvalue weighted by molar-refractivity contribution is 7.89. The van der Waals surface area contributed by atoms with Crippen molar-refractivity contribution in [3.8, 4) is 0 Å². The number of morpholine rings is 1. The van der Waals surface area contributed by atoms with Crippen molar-refractivity contribution in [2.45, 2.75) is 4.90 Å². The lowest BCUT2D eigenvalue weighted by molar-refractivity contribution is 0.0697. The minimum absolute atomic E-state index is 0.0276. The number of ether oxygens (including phenoxy) is 1. The number of halogens is 2. The summed E-state index contributed by atoms with van der Waals surface area (Å²) in [4.78, 5) is 15.7. The molecule has 0 radical (unpaired) electrons. The van der Waals surface area contributed by atoms with Crippen LogP contribution in [0.15, 0.2) is 47.5 Å². The van der Waals surface area contributed by atoms with Crippen molar-refractivity contribution in [1.82, 2.24) is 9.29 Å². The molecular weight excluding hydrogens is 449 g/mol. The van der Waals surface area contributed by atoms with E-state index in [1.54, 1.807) is 12.1 Å². The molecule has 0 aliphatic carbocycles. The van der Waals surface area contributed by atoms with E-state index in [1.807, 2.05) is 0 Å². The fourth-order valence-corrected chi connectivity index (χ4v) is 5.02. The predicted octanol–water partition coefficient (Wildman–Crippen LogP) is 3.49. The Hall–Kier alpha value is -2.79. The Morgan fingerprint density at radius 1 is 1.19 bits per heavy atom. The maximum Gasteiger partial charge on any atom is 0.337 e. The van der Waals surface area contributed by atoms with E-state index in [0.717, 1.165) is 12.1 Å². The van der Waals surface area contributed by atoms with E-state index in [4.69, 9.17) is 16.3 Å². The van der Waals surface area contributed by atoms with Crippen LogP contribution in [-0.2, 0) is 14.8 Å². The van der Waals surface area contributed by atoms with Gasteiger partial charge in [-0.05, 0) is 36.4 Å². The number of aromatic carboxylic acids is 1. The zero-order valence-electron chi connectivity index (χ0n) is 16.0. The SMILES string of the molecule is O=C(O)c1cc(F)ccc1Nc1c(S(=O)(=O)N2CCOCC2)cnc2ccc(Cl)cc12. The lowest BCUT2D eigenvalue weighted by atomic mass is 10.1. The second-order valence-electron chi connectivity index (χ2n) is 6.80. The van der Waals surface area contributed by atoms with E-state index in [9.17, 15) is 22.7 Å². The van der Waals surface area contributed by atoms with Gasteiger partial charge in [0.1, 0.15) is 10.7 Å². The minimum Gasteiger partial charge on any atom is -0.478 e. The van der Waals surface area contributed by atoms with Gasteiger partial charge in [0.05, 0.1) is 35.7 Å². The average Bonchev–Trinajstić information content (AvgIpc) is 2.75. The minimum atomic E-state index is -3.99. The molecule has 11 heteroatoms. The Labute approximate surface area is 182 Å². The number of benzene rings is 2. The van der Waals surface area contributed by atoms with E-state index in [1.165, 1.54) is 22.6 Å². The predicted molar refractivity (Wildman–Crippen MR) is 113 cm³/mol. The highest BCUT2D eigenvalue weighted by Crippen LogP contribution is 2.36. The molecule has 3 aromatic rings. The van der Waals surface area contributed by atoms with Crippen molar-refractivity contribution in [1.29, 1.82) is 0 Å². The summed E-state index contributed by atoms with van der Waals surface area (Å²) in [6, 6.07) is 7.95. The number of nitrogens with zero attached hydrogens (tertiary/aromatic N) is 2. The third-order valence-electron chi connectivity index (χ3n) is 4.85. The molecule has 1 aliphatic heterocycles. The number of hydrogen-bond acceptors (Lipinski definition) is 6. The van der Waals surface area contributed by atoms with E-state index in [0.29, 0.717) is 15.9 Å². The van der Waals surface area contributed by atoms with Gasteiger partial charge in [-0.2, -0.15) is 4.31 Å². The van der Waals surface area contributed by atoms with Crippen LogP contribution < -0.4 is 5.32 Å². The average molecular weight is 466 g/mol. The number of carbonyl (C=O) groups is 1. The van der Waals surface area contributed by atoms with Crippen molar-refractivity contribution in [2.75, 3.05) is 31.6 Å². The molecule has 1 saturated heterocycles. The third kappa shape index (κ3) is 4.19. The van der Waals surface area contributed by atoms with Gasteiger partial charge in [-0.15, -0.1) is 0 Å². The lowest BCUT2D eigenvalue weighted by Gasteiger charge is -2.27. The first-order chi connectivity index (χ1) is 14.8. The fraction of sp³-hybridized carbons (Fsp3) is 0.200. The molecule has 0 atom stereocenters. The van der Waals surface area contributed by atoms with Gasteiger partial charge in [0.25, 0.3) is 0 Å². The van der Waals surface area contributed by atoms with Crippen LogP contribution in [0.5, 0.6) is 0 Å². The summed E-state index contributed by atoms with van der Waals surface area (Å²) in [5, 5.41) is 13.1. The maximum atomic E-state index is 13.6. The summed E-state index contributed by atoms with van der Waals surface area (Å²) in [5.74, 6) is -2.09. The van der Waals surface area contributed by atoms with Crippen molar-refractivity contribution < 1.29 is 27.4 Å². The summed E-state index contributed by atoms with van der Waals surface area (Å²) in [5.41, 5.74) is 0.237. The third-order valence-corrected chi connectivity index (χ3v) is 7.00. The number of carboxylic acid groups (broad SMARTS) is 1. The smallest absolute Gasteiger partial charge is 0.337 e. The lowest BCUT2D eigenvalue weighted by Crippen LogP contribution is -2.40. The highest BCUT2D eigenvalue weighted by Gasteiger charge is 2.30. The van der Waals surface area contributed by atoms with Crippen molar-refractivity contribution in [3.05, 3.63) is 59.0 Å². The summed E-state index contributed by atoms with van der Waals surface area (Å²) in [6.45, 7) is 0.866. The van der Waals surface area contributed by atoms with Gasteiger partial charge in [-0.3, -0.25) is 4.98 Å². The van der Waals surface area contributed by atoms with E-state index in [2.05, 4.69) is 10.3 Å². The molecule has 162 valence electrons. The molecule has 0 spiro atoms. The topological polar surface area (TPSA) is 109 Å². The van der Waals surface area contributed by atoms with Gasteiger partial charge in [0.15, 0.2) is 0 Å². The number of carboxylic acids is 1. The number of hydrogen-bond donors (Lipinski definition) is 2. The van der Waals surface area contributed by atoms with Crippen LogP contribution in [0, 0.1) is 5.82 Å². The van der Waals surface area contributed by atoms with Crippen LogP contribution in [0.25, 0.3) is 10.9 Å². The number of pyridine rings is 1. The summed E-state index contributed by atoms with van der Waals surface area (Å²) >= 11 is 6.14. The first kappa shape index (κ1) is 21.4. The number of rotatable bonds is 5. The molecule has 1 aliphatic rings. The van der Waals surface area contributed by atoms with Crippen LogP contribution in [-0.4, -0.2) is 55.1 Å². The van der Waals surface area contributed by atoms with Gasteiger partial charge < -0.3 is 15.2 Å². The zero-order valence-corrected chi connectivity index (χ0v) is 17.6. The summed E-state index contributed by atoms with van der Waals surface area (Å²) in [7, 11) is -3.99. The van der Waals surface area contributed by atoms with E-state index in [-0.39, 0.29) is 48.1 Å². The van der Waals surface area contributed by atoms with E-state index < -0.39 is 21.8 Å². The number of sulfonamides is 1. The standard InChI is InChI=1S/C20H17ClFN3O5S/c21-12-1-3-16-14(9-12)19(24-17-4-2-13(22)10-15(17)20(26)27)18(11-23-16)31(28,29)25-5-7-30-8-6-25/h1-4,9-11H,5-8H2,(H,23,24)(H,26,27). The maximum absolute atomic E-state index is 13.6. The molecule has 0 amide bonds. The Balaban J connectivity index is 1.93. The number of aromatic nitrogens is 1. The molecule has 4 rings (SSSR count). The Morgan fingerprint density at radius 3 is 2.65 bits per heavy atom. The summed E-state index contributed by atoms with van der Waals surface area (Å²) < 4.78 is 46.9. The molecule has 2 heterocycles. The number of anilines is 2. The van der Waals surface area contributed by atoms with Crippen molar-refractivity contribution in [2.24, 2.45) is 0 Å². The van der Waals surface area contributed by atoms with E-state index >= 15 is 0 Å². The molecule has 1 fully saturated rings. The van der Waals surface area contributed by atoms with Gasteiger partial charge in [-0.1, -0.05) is 11.6 Å². The summed E-state index contributed by atoms with van der Waals surface area (Å²) in [6.07, 6.45) is 1.22. The Kier molecular flexibility index (Phi) is 5.80. The van der Waals surface area contributed by atoms with Crippen LogP contribution >= 0.6 is 11.6 Å². The normalized spacial score (nSPS) is 15.2. The second-order valence-corrected chi connectivity index (χ2v) is 9.14. The van der Waals surface area contributed by atoms with Crippen LogP contribution in [0.1, 0.15) is 10.4 Å². The number of nitrogens with one attached hydrogen (secondary N) is 1. The van der Waals surface area contributed by atoms with Gasteiger partial charge in [0.2, 0.25) is 10.0 Å². The van der Waals surface area contributed by atoms with Gasteiger partial charge in [-0.25, -0.2) is 17.6 Å². The molecule has 8 nitrogen and oxygen atoms in total. The first-order valence-corrected chi connectivity index (χ1v) is 11.1. The molecule has 1 aromatic heterocycles. The number of fused-ring (bicyclic) bond motifs is 1. The van der Waals surface area contributed by atoms with Crippen LogP contribution in [0.4, 0.5) is 15.8 Å². The Morgan fingerprint density at radius 2 is 1.94 bits per heavy atom. The van der Waals surface area contributed by atoms with Crippen LogP contribution in [0.2, 0.25) is 5.02 Å². The molecule has 31 heavy (non-hydrogen) atoms. The quantitative estimate of drug-likeness (QED) is 0.593. The van der Waals surface area contributed by atoms with Gasteiger partial charge in [0, 0.05) is 29.7 Å². The molecule has 0 saturated carbocycles. The molecule has 2 N–H and O–H groups in total. The molecule has 0 bridgehead atoms. The van der Waals surface area contributed by atoms with Gasteiger partial charge >= 0.3 is 5.97 Å². The second kappa shape index (κ2) is 8.39. The van der Waals surface area contributed by atoms with Crippen LogP contribution in [0.3, 0.4) is 0 Å². The highest BCUT2D eigenvalue weighted by atomic mass is 35.5. The Bertz CT molecular complexity index is 1280. The molecular formula is C20H17ClFN3O5S. The fourth-order valence-electron chi connectivity index (χ4n) is 3.33. The van der Waals surface area contributed by atoms with Crippen molar-refractivity contribution in [3.63, 3.8) is 0 Å². The molecule has 0 unspecified atom stereocenters.